The largest absolute Gasteiger partial charge is 0.370 e. The number of benzene rings is 1. The van der Waals surface area contributed by atoms with Gasteiger partial charge in [-0.1, -0.05) is 18.5 Å². The first-order valence-electron chi connectivity index (χ1n) is 9.40. The molecule has 1 aromatic heterocycles. The first kappa shape index (κ1) is 21.3. The molecule has 3 heterocycles. The highest BCUT2D eigenvalue weighted by Gasteiger charge is 2.39. The Kier molecular flexibility index (Phi) is 6.15. The van der Waals surface area contributed by atoms with E-state index in [1.807, 2.05) is 6.07 Å². The lowest BCUT2D eigenvalue weighted by Crippen LogP contribution is -2.41. The SMILES string of the molecule is CC1C(=O)N(c2ccc(N3CCOCC3=O)c(Cl)c2)CC1NC(=O)c1ccc(Br)s1. The quantitative estimate of drug-likeness (QED) is 0.682. The molecule has 10 heteroatoms. The van der Waals surface area contributed by atoms with Crippen molar-refractivity contribution < 1.29 is 19.1 Å². The Hall–Kier alpha value is -1.94. The maximum Gasteiger partial charge on any atom is 0.261 e. The molecule has 0 radical (unpaired) electrons. The van der Waals surface area contributed by atoms with Gasteiger partial charge < -0.3 is 19.9 Å². The Morgan fingerprint density at radius 3 is 2.73 bits per heavy atom. The molecule has 2 unspecified atom stereocenters. The van der Waals surface area contributed by atoms with E-state index in [4.69, 9.17) is 16.3 Å². The molecule has 0 bridgehead atoms. The van der Waals surface area contributed by atoms with Crippen molar-refractivity contribution in [3.8, 4) is 0 Å². The molecule has 2 saturated heterocycles. The third kappa shape index (κ3) is 4.12. The van der Waals surface area contributed by atoms with E-state index in [2.05, 4.69) is 21.2 Å². The second-order valence-electron chi connectivity index (χ2n) is 7.15. The highest BCUT2D eigenvalue weighted by atomic mass is 79.9. The molecule has 3 amide bonds. The standard InChI is InChI=1S/C20H19BrClN3O4S/c1-11-14(23-19(27)16-4-5-17(21)30-16)9-25(20(11)28)12-2-3-15(13(22)8-12)24-6-7-29-10-18(24)26/h2-5,8,11,14H,6-7,9-10H2,1H3,(H,23,27). The molecule has 4 rings (SSSR count). The lowest BCUT2D eigenvalue weighted by Gasteiger charge is -2.28. The molecule has 30 heavy (non-hydrogen) atoms. The van der Waals surface area contributed by atoms with E-state index in [9.17, 15) is 14.4 Å². The molecule has 2 aliphatic rings. The van der Waals surface area contributed by atoms with Crippen molar-refractivity contribution in [2.24, 2.45) is 5.92 Å². The number of anilines is 2. The lowest BCUT2D eigenvalue weighted by molar-refractivity contribution is -0.125. The minimum absolute atomic E-state index is 0.0302. The van der Waals surface area contributed by atoms with E-state index in [1.54, 1.807) is 41.0 Å². The molecule has 0 spiro atoms. The third-order valence-corrected chi connectivity index (χ3v) is 7.20. The van der Waals surface area contributed by atoms with Crippen LogP contribution in [-0.2, 0) is 14.3 Å². The predicted octanol–water partition coefficient (Wildman–Crippen LogP) is 3.31. The second-order valence-corrected chi connectivity index (χ2v) is 10.0. The highest BCUT2D eigenvalue weighted by molar-refractivity contribution is 9.11. The monoisotopic (exact) mass is 511 g/mol. The van der Waals surface area contributed by atoms with Crippen LogP contribution in [0.5, 0.6) is 0 Å². The van der Waals surface area contributed by atoms with Crippen LogP contribution in [0.15, 0.2) is 34.1 Å². The molecule has 2 aliphatic heterocycles. The smallest absolute Gasteiger partial charge is 0.261 e. The van der Waals surface area contributed by atoms with E-state index in [-0.39, 0.29) is 36.3 Å². The number of halogens is 2. The highest BCUT2D eigenvalue weighted by Crippen LogP contribution is 2.34. The Morgan fingerprint density at radius 1 is 1.27 bits per heavy atom. The van der Waals surface area contributed by atoms with E-state index < -0.39 is 0 Å². The van der Waals surface area contributed by atoms with Gasteiger partial charge in [0.15, 0.2) is 0 Å². The summed E-state index contributed by atoms with van der Waals surface area (Å²) in [7, 11) is 0. The van der Waals surface area contributed by atoms with Crippen molar-refractivity contribution in [2.75, 3.05) is 36.1 Å². The molecule has 1 aromatic carbocycles. The van der Waals surface area contributed by atoms with Gasteiger partial charge in [0, 0.05) is 18.8 Å². The number of hydrogen-bond acceptors (Lipinski definition) is 5. The molecule has 0 saturated carbocycles. The number of nitrogens with one attached hydrogen (secondary N) is 1. The van der Waals surface area contributed by atoms with Gasteiger partial charge in [0.1, 0.15) is 6.61 Å². The van der Waals surface area contributed by atoms with Crippen molar-refractivity contribution in [1.29, 1.82) is 0 Å². The Balaban J connectivity index is 1.50. The van der Waals surface area contributed by atoms with Crippen LogP contribution in [-0.4, -0.2) is 50.1 Å². The molecule has 2 atom stereocenters. The minimum atomic E-state index is -0.364. The van der Waals surface area contributed by atoms with E-state index in [0.717, 1.165) is 3.79 Å². The number of rotatable bonds is 4. The summed E-state index contributed by atoms with van der Waals surface area (Å²) in [6.45, 7) is 3.07. The van der Waals surface area contributed by atoms with E-state index >= 15 is 0 Å². The summed E-state index contributed by atoms with van der Waals surface area (Å²) >= 11 is 11.1. The fraction of sp³-hybridized carbons (Fsp3) is 0.350. The van der Waals surface area contributed by atoms with Crippen molar-refractivity contribution in [3.05, 3.63) is 44.0 Å². The Bertz CT molecular complexity index is 1010. The third-order valence-electron chi connectivity index (χ3n) is 5.27. The zero-order chi connectivity index (χ0) is 21.4. The fourth-order valence-corrected chi connectivity index (χ4v) is 5.16. The average Bonchev–Trinajstić information content (AvgIpc) is 3.27. The van der Waals surface area contributed by atoms with Crippen LogP contribution in [0.3, 0.4) is 0 Å². The summed E-state index contributed by atoms with van der Waals surface area (Å²) in [5, 5.41) is 3.35. The van der Waals surface area contributed by atoms with Crippen molar-refractivity contribution in [3.63, 3.8) is 0 Å². The van der Waals surface area contributed by atoms with Gasteiger partial charge in [-0.2, -0.15) is 0 Å². The lowest BCUT2D eigenvalue weighted by atomic mass is 10.1. The molecular formula is C20H19BrClN3O4S. The fourth-order valence-electron chi connectivity index (χ4n) is 3.60. The topological polar surface area (TPSA) is 79.0 Å². The Morgan fingerprint density at radius 2 is 2.07 bits per heavy atom. The number of thiophene rings is 1. The van der Waals surface area contributed by atoms with Gasteiger partial charge in [0.05, 0.1) is 37.9 Å². The molecule has 158 valence electrons. The van der Waals surface area contributed by atoms with Crippen LogP contribution >= 0.6 is 38.9 Å². The van der Waals surface area contributed by atoms with E-state index in [1.165, 1.54) is 11.3 Å². The summed E-state index contributed by atoms with van der Waals surface area (Å²) in [4.78, 5) is 41.2. The summed E-state index contributed by atoms with van der Waals surface area (Å²) < 4.78 is 6.03. The predicted molar refractivity (Wildman–Crippen MR) is 119 cm³/mol. The van der Waals surface area contributed by atoms with Crippen LogP contribution in [0.2, 0.25) is 5.02 Å². The number of carbonyl (C=O) groups excluding carboxylic acids is 3. The van der Waals surface area contributed by atoms with Crippen molar-refractivity contribution in [2.45, 2.75) is 13.0 Å². The number of carbonyl (C=O) groups is 3. The zero-order valence-corrected chi connectivity index (χ0v) is 19.2. The summed E-state index contributed by atoms with van der Waals surface area (Å²) in [6, 6.07) is 8.45. The Labute approximate surface area is 191 Å². The maximum absolute atomic E-state index is 12.8. The average molecular weight is 513 g/mol. The number of hydrogen-bond donors (Lipinski definition) is 1. The van der Waals surface area contributed by atoms with Gasteiger partial charge in [-0.25, -0.2) is 0 Å². The summed E-state index contributed by atoms with van der Waals surface area (Å²) in [5.74, 6) is -0.795. The minimum Gasteiger partial charge on any atom is -0.370 e. The zero-order valence-electron chi connectivity index (χ0n) is 16.1. The molecule has 7 nitrogen and oxygen atoms in total. The molecule has 0 aliphatic carbocycles. The van der Waals surface area contributed by atoms with Crippen LogP contribution in [0.1, 0.15) is 16.6 Å². The normalized spacial score (nSPS) is 22.0. The molecular weight excluding hydrogens is 494 g/mol. The van der Waals surface area contributed by atoms with Crippen molar-refractivity contribution in [1.82, 2.24) is 5.32 Å². The van der Waals surface area contributed by atoms with Crippen LogP contribution < -0.4 is 15.1 Å². The maximum atomic E-state index is 12.8. The van der Waals surface area contributed by atoms with E-state index in [0.29, 0.717) is 41.0 Å². The van der Waals surface area contributed by atoms with Gasteiger partial charge >= 0.3 is 0 Å². The van der Waals surface area contributed by atoms with Gasteiger partial charge in [0.25, 0.3) is 11.8 Å². The molecule has 1 N–H and O–H groups in total. The van der Waals surface area contributed by atoms with Gasteiger partial charge in [-0.3, -0.25) is 14.4 Å². The summed E-state index contributed by atoms with van der Waals surface area (Å²) in [6.07, 6.45) is 0. The van der Waals surface area contributed by atoms with Gasteiger partial charge in [-0.15, -0.1) is 11.3 Å². The number of nitrogens with zero attached hydrogens (tertiary/aromatic N) is 2. The van der Waals surface area contributed by atoms with Crippen LogP contribution in [0.4, 0.5) is 11.4 Å². The first-order chi connectivity index (χ1) is 14.3. The molecule has 2 fully saturated rings. The molecule has 2 aromatic rings. The number of morpholine rings is 1. The van der Waals surface area contributed by atoms with Crippen LogP contribution in [0.25, 0.3) is 0 Å². The van der Waals surface area contributed by atoms with Gasteiger partial charge in [-0.05, 0) is 46.3 Å². The first-order valence-corrected chi connectivity index (χ1v) is 11.4. The van der Waals surface area contributed by atoms with Crippen LogP contribution in [0, 0.1) is 5.92 Å². The van der Waals surface area contributed by atoms with Crippen molar-refractivity contribution >= 4 is 68.0 Å². The van der Waals surface area contributed by atoms with Gasteiger partial charge in [0.2, 0.25) is 5.91 Å². The summed E-state index contributed by atoms with van der Waals surface area (Å²) in [5.41, 5.74) is 1.23. The number of amides is 3. The second kappa shape index (κ2) is 8.66. The number of ether oxygens (including phenoxy) is 1.